The molecule has 0 radical (unpaired) electrons. The molecule has 2 N–H and O–H groups in total. The molecule has 1 aromatic carbocycles. The van der Waals surface area contributed by atoms with Gasteiger partial charge in [0.2, 0.25) is 5.91 Å². The van der Waals surface area contributed by atoms with E-state index in [0.29, 0.717) is 30.0 Å². The molecule has 0 saturated carbocycles. The molecular formula is C19H21N3O2S. The van der Waals surface area contributed by atoms with Gasteiger partial charge in [0.1, 0.15) is 16.8 Å². The van der Waals surface area contributed by atoms with Gasteiger partial charge in [-0.1, -0.05) is 18.2 Å². The minimum atomic E-state index is -0.0747. The van der Waals surface area contributed by atoms with Crippen molar-refractivity contribution in [3.8, 4) is 11.8 Å². The highest BCUT2D eigenvalue weighted by Crippen LogP contribution is 2.34. The monoisotopic (exact) mass is 355 g/mol. The number of carbonyl (C=O) groups excluding carboxylic acids is 1. The Morgan fingerprint density at radius 3 is 3.08 bits per heavy atom. The van der Waals surface area contributed by atoms with Gasteiger partial charge in [-0.05, 0) is 43.5 Å². The Balaban J connectivity index is 1.66. The van der Waals surface area contributed by atoms with Crippen molar-refractivity contribution in [1.29, 1.82) is 5.26 Å². The van der Waals surface area contributed by atoms with E-state index in [4.69, 9.17) is 4.74 Å². The molecule has 1 aliphatic rings. The predicted octanol–water partition coefficient (Wildman–Crippen LogP) is 3.24. The lowest BCUT2D eigenvalue weighted by Gasteiger charge is -2.11. The number of thiophene rings is 1. The van der Waals surface area contributed by atoms with Crippen LogP contribution in [-0.4, -0.2) is 19.1 Å². The van der Waals surface area contributed by atoms with E-state index in [9.17, 15) is 10.1 Å². The Morgan fingerprint density at radius 1 is 1.44 bits per heavy atom. The van der Waals surface area contributed by atoms with Crippen LogP contribution in [0.4, 0.5) is 5.00 Å². The lowest BCUT2D eigenvalue weighted by atomic mass is 10.0. The molecule has 0 spiro atoms. The molecule has 5 nitrogen and oxygen atoms in total. The molecule has 1 amide bonds. The first-order valence-corrected chi connectivity index (χ1v) is 9.30. The molecular weight excluding hydrogens is 334 g/mol. The maximum absolute atomic E-state index is 12.4. The third kappa shape index (κ3) is 4.01. The molecule has 0 atom stereocenters. The number of para-hydroxylation sites is 1. The molecule has 1 aromatic heterocycles. The van der Waals surface area contributed by atoms with Gasteiger partial charge in [0.05, 0.1) is 12.2 Å². The fourth-order valence-corrected chi connectivity index (χ4v) is 4.17. The smallest absolute Gasteiger partial charge is 0.225 e. The van der Waals surface area contributed by atoms with Crippen molar-refractivity contribution in [2.45, 2.75) is 32.7 Å². The van der Waals surface area contributed by atoms with E-state index in [1.165, 1.54) is 11.3 Å². The Hall–Kier alpha value is -2.36. The fourth-order valence-electron chi connectivity index (χ4n) is 2.99. The number of carbonyl (C=O) groups is 1. The van der Waals surface area contributed by atoms with Crippen LogP contribution in [-0.2, 0) is 24.2 Å². The molecule has 3 rings (SSSR count). The van der Waals surface area contributed by atoms with E-state index < -0.39 is 0 Å². The van der Waals surface area contributed by atoms with Gasteiger partial charge in [0.15, 0.2) is 0 Å². The number of hydrogen-bond acceptors (Lipinski definition) is 5. The maximum Gasteiger partial charge on any atom is 0.225 e. The summed E-state index contributed by atoms with van der Waals surface area (Å²) in [6.07, 6.45) is 1.80. The van der Waals surface area contributed by atoms with E-state index in [1.54, 1.807) is 0 Å². The van der Waals surface area contributed by atoms with Crippen LogP contribution in [0.2, 0.25) is 0 Å². The molecule has 25 heavy (non-hydrogen) atoms. The number of nitriles is 1. The highest BCUT2D eigenvalue weighted by Gasteiger charge is 2.21. The van der Waals surface area contributed by atoms with Gasteiger partial charge < -0.3 is 15.4 Å². The van der Waals surface area contributed by atoms with Gasteiger partial charge in [-0.25, -0.2) is 0 Å². The number of rotatable bonds is 6. The third-order valence-corrected chi connectivity index (χ3v) is 5.33. The highest BCUT2D eigenvalue weighted by molar-refractivity contribution is 7.16. The van der Waals surface area contributed by atoms with Crippen LogP contribution in [0.25, 0.3) is 0 Å². The number of nitrogens with one attached hydrogen (secondary N) is 2. The van der Waals surface area contributed by atoms with Crippen molar-refractivity contribution in [3.05, 3.63) is 45.8 Å². The molecule has 130 valence electrons. The first-order valence-electron chi connectivity index (χ1n) is 8.48. The van der Waals surface area contributed by atoms with Gasteiger partial charge in [-0.2, -0.15) is 5.26 Å². The molecule has 2 heterocycles. The fraction of sp³-hybridized carbons (Fsp3) is 0.368. The van der Waals surface area contributed by atoms with Gasteiger partial charge in [0.25, 0.3) is 0 Å². The van der Waals surface area contributed by atoms with Gasteiger partial charge in [0, 0.05) is 17.8 Å². The summed E-state index contributed by atoms with van der Waals surface area (Å²) in [5.74, 6) is 0.752. The van der Waals surface area contributed by atoms with E-state index in [0.717, 1.165) is 41.3 Å². The standard InChI is InChI=1S/C19H21N3O2S/c1-2-24-16-6-4-3-5-13(16)7-8-18(23)22-19-15(11-20)14-9-10-21-12-17(14)25-19/h3-6,21H,2,7-10,12H2,1H3,(H,22,23). The van der Waals surface area contributed by atoms with E-state index >= 15 is 0 Å². The average Bonchev–Trinajstić information content (AvgIpc) is 2.98. The first-order chi connectivity index (χ1) is 12.2. The minimum Gasteiger partial charge on any atom is -0.494 e. The second kappa shape index (κ2) is 8.15. The van der Waals surface area contributed by atoms with Crippen molar-refractivity contribution in [2.75, 3.05) is 18.5 Å². The van der Waals surface area contributed by atoms with Crippen LogP contribution < -0.4 is 15.4 Å². The Bertz CT molecular complexity index is 807. The Morgan fingerprint density at radius 2 is 2.28 bits per heavy atom. The summed E-state index contributed by atoms with van der Waals surface area (Å²) in [7, 11) is 0. The van der Waals surface area contributed by atoms with Crippen LogP contribution in [0.1, 0.15) is 34.9 Å². The Kier molecular flexibility index (Phi) is 5.69. The summed E-state index contributed by atoms with van der Waals surface area (Å²) in [6, 6.07) is 10.0. The third-order valence-electron chi connectivity index (χ3n) is 4.19. The van der Waals surface area contributed by atoms with E-state index in [2.05, 4.69) is 16.7 Å². The zero-order valence-electron chi connectivity index (χ0n) is 14.2. The summed E-state index contributed by atoms with van der Waals surface area (Å²) in [5, 5.41) is 16.4. The lowest BCUT2D eigenvalue weighted by Crippen LogP contribution is -2.22. The number of amides is 1. The summed E-state index contributed by atoms with van der Waals surface area (Å²) in [6.45, 7) is 4.19. The summed E-state index contributed by atoms with van der Waals surface area (Å²) < 4.78 is 5.60. The van der Waals surface area contributed by atoms with Crippen molar-refractivity contribution < 1.29 is 9.53 Å². The predicted molar refractivity (Wildman–Crippen MR) is 99.0 cm³/mol. The number of hydrogen-bond donors (Lipinski definition) is 2. The molecule has 0 fully saturated rings. The lowest BCUT2D eigenvalue weighted by molar-refractivity contribution is -0.116. The second-order valence-electron chi connectivity index (χ2n) is 5.84. The molecule has 2 aromatic rings. The quantitative estimate of drug-likeness (QED) is 0.834. The van der Waals surface area contributed by atoms with Crippen LogP contribution in [0, 0.1) is 11.3 Å². The molecule has 0 bridgehead atoms. The topological polar surface area (TPSA) is 74.1 Å². The zero-order chi connectivity index (χ0) is 17.6. The molecule has 0 aliphatic carbocycles. The van der Waals surface area contributed by atoms with Crippen LogP contribution in [0.3, 0.4) is 0 Å². The SMILES string of the molecule is CCOc1ccccc1CCC(=O)Nc1sc2c(c1C#N)CCNC2. The van der Waals surface area contributed by atoms with Crippen LogP contribution >= 0.6 is 11.3 Å². The number of aryl methyl sites for hydroxylation is 1. The normalized spacial score (nSPS) is 13.0. The molecule has 6 heteroatoms. The van der Waals surface area contributed by atoms with Gasteiger partial charge >= 0.3 is 0 Å². The number of fused-ring (bicyclic) bond motifs is 1. The van der Waals surface area contributed by atoms with E-state index in [-0.39, 0.29) is 5.91 Å². The second-order valence-corrected chi connectivity index (χ2v) is 6.94. The molecule has 0 unspecified atom stereocenters. The molecule has 0 saturated heterocycles. The number of anilines is 1. The number of benzene rings is 1. The number of nitrogens with zero attached hydrogens (tertiary/aromatic N) is 1. The maximum atomic E-state index is 12.4. The summed E-state index contributed by atoms with van der Waals surface area (Å²) in [4.78, 5) is 13.5. The van der Waals surface area contributed by atoms with Crippen LogP contribution in [0.5, 0.6) is 5.75 Å². The zero-order valence-corrected chi connectivity index (χ0v) is 15.0. The summed E-state index contributed by atoms with van der Waals surface area (Å²) >= 11 is 1.51. The largest absolute Gasteiger partial charge is 0.494 e. The summed E-state index contributed by atoms with van der Waals surface area (Å²) in [5.41, 5.74) is 2.74. The number of ether oxygens (including phenoxy) is 1. The van der Waals surface area contributed by atoms with E-state index in [1.807, 2.05) is 31.2 Å². The Labute approximate surface area is 151 Å². The van der Waals surface area contributed by atoms with Gasteiger partial charge in [-0.15, -0.1) is 11.3 Å². The van der Waals surface area contributed by atoms with Gasteiger partial charge in [-0.3, -0.25) is 4.79 Å². The van der Waals surface area contributed by atoms with Crippen molar-refractivity contribution in [3.63, 3.8) is 0 Å². The molecule has 1 aliphatic heterocycles. The van der Waals surface area contributed by atoms with Crippen molar-refractivity contribution in [1.82, 2.24) is 5.32 Å². The van der Waals surface area contributed by atoms with Crippen LogP contribution in [0.15, 0.2) is 24.3 Å². The average molecular weight is 355 g/mol. The highest BCUT2D eigenvalue weighted by atomic mass is 32.1. The first kappa shape index (κ1) is 17.5. The van der Waals surface area contributed by atoms with Crippen molar-refractivity contribution >= 4 is 22.2 Å². The minimum absolute atomic E-state index is 0.0747. The van der Waals surface area contributed by atoms with Crippen molar-refractivity contribution in [2.24, 2.45) is 0 Å².